The molecule has 0 atom stereocenters. The number of carbonyl (C=O) groups excluding carboxylic acids is 2. The molecule has 4 N–H and O–H groups in total. The number of amidine groups is 2. The Hall–Kier alpha value is -5.35. The van der Waals surface area contributed by atoms with Gasteiger partial charge in [0, 0.05) is 50.0 Å². The highest BCUT2D eigenvalue weighted by Gasteiger charge is 2.45. The largest absolute Gasteiger partial charge is 0.491 e. The Morgan fingerprint density at radius 3 is 2.10 bits per heavy atom. The molecule has 50 heavy (non-hydrogen) atoms. The van der Waals surface area contributed by atoms with Crippen LogP contribution in [0.4, 0.5) is 26.3 Å². The van der Waals surface area contributed by atoms with E-state index in [2.05, 4.69) is 4.98 Å². The van der Waals surface area contributed by atoms with Gasteiger partial charge in [0.2, 0.25) is 11.5 Å². The van der Waals surface area contributed by atoms with Gasteiger partial charge in [-0.3, -0.25) is 10.8 Å². The van der Waals surface area contributed by atoms with E-state index in [1.807, 2.05) is 0 Å². The van der Waals surface area contributed by atoms with E-state index in [4.69, 9.17) is 30.8 Å². The van der Waals surface area contributed by atoms with Crippen molar-refractivity contribution in [3.05, 3.63) is 59.4 Å². The number of piperidine rings is 1. The number of hydrogen-bond acceptors (Lipinski definition) is 8. The molecule has 1 aliphatic rings. The number of aromatic nitrogens is 2. The van der Waals surface area contributed by atoms with E-state index in [9.17, 15) is 35.9 Å². The van der Waals surface area contributed by atoms with Crippen LogP contribution < -0.4 is 19.9 Å². The van der Waals surface area contributed by atoms with Crippen molar-refractivity contribution in [3.8, 4) is 17.2 Å². The molecule has 0 saturated carbocycles. The predicted octanol–water partition coefficient (Wildman–Crippen LogP) is 6.42. The minimum absolute atomic E-state index is 0.0519. The first-order valence-electron chi connectivity index (χ1n) is 15.3. The van der Waals surface area contributed by atoms with E-state index >= 15 is 0 Å². The number of nitrogens with zero attached hydrogens (tertiary/aromatic N) is 3. The topological polar surface area (TPSA) is 157 Å². The highest BCUT2D eigenvalue weighted by molar-refractivity contribution is 6.08. The van der Waals surface area contributed by atoms with E-state index < -0.39 is 53.6 Å². The lowest BCUT2D eigenvalue weighted by Crippen LogP contribution is -2.40. The number of rotatable bonds is 8. The number of nitrogens with two attached hydrogens (primary N) is 1. The summed E-state index contributed by atoms with van der Waals surface area (Å²) in [4.78, 5) is 30.7. The molecular formula is C33H32F6N6O5. The highest BCUT2D eigenvalue weighted by atomic mass is 19.4. The van der Waals surface area contributed by atoms with Crippen LogP contribution in [-0.4, -0.2) is 69.6 Å². The van der Waals surface area contributed by atoms with Gasteiger partial charge in [0.25, 0.3) is 0 Å². The highest BCUT2D eigenvalue weighted by Crippen LogP contribution is 2.47. The predicted molar refractivity (Wildman–Crippen MR) is 170 cm³/mol. The maximum atomic E-state index is 13.6. The van der Waals surface area contributed by atoms with Crippen LogP contribution in [0.3, 0.4) is 0 Å². The maximum absolute atomic E-state index is 13.6. The fraction of sp³-hybridized carbons (Fsp3) is 0.364. The fourth-order valence-corrected chi connectivity index (χ4v) is 5.78. The monoisotopic (exact) mass is 706 g/mol. The van der Waals surface area contributed by atoms with Crippen LogP contribution in [0.2, 0.25) is 0 Å². The quantitative estimate of drug-likeness (QED) is 0.0623. The maximum Gasteiger partial charge on any atom is 0.491 e. The first kappa shape index (κ1) is 35.9. The lowest BCUT2D eigenvalue weighted by molar-refractivity contribution is -0.190. The number of likely N-dealkylation sites (tertiary alicyclic amines) is 1. The Morgan fingerprint density at radius 2 is 1.54 bits per heavy atom. The van der Waals surface area contributed by atoms with Crippen LogP contribution in [-0.2, 0) is 16.1 Å². The Morgan fingerprint density at radius 1 is 0.940 bits per heavy atom. The van der Waals surface area contributed by atoms with Crippen molar-refractivity contribution >= 4 is 45.4 Å². The van der Waals surface area contributed by atoms with Gasteiger partial charge in [0.15, 0.2) is 5.75 Å². The average Bonchev–Trinajstić information content (AvgIpc) is 3.39. The minimum atomic E-state index is -5.53. The molecule has 11 nitrogen and oxygen atoms in total. The first-order chi connectivity index (χ1) is 23.4. The number of nitrogen functional groups attached to an aromatic ring is 1. The summed E-state index contributed by atoms with van der Waals surface area (Å²) in [5.41, 5.74) is 6.36. The SMILES string of the molecule is CC(=N)N1CCC(Oc2c(OC(=O)C(F)(F)F)cc3c(nc(C(C)C)n3Cc3ccc(C(=N)N)c4ccccc34)c2OC(=O)C(F)(F)F)CC1. The summed E-state index contributed by atoms with van der Waals surface area (Å²) in [5, 5.41) is 17.1. The summed E-state index contributed by atoms with van der Waals surface area (Å²) in [7, 11) is 0. The average molecular weight is 707 g/mol. The van der Waals surface area contributed by atoms with Crippen LogP contribution in [0.25, 0.3) is 21.8 Å². The van der Waals surface area contributed by atoms with Crippen LogP contribution in [0.5, 0.6) is 17.2 Å². The van der Waals surface area contributed by atoms with E-state index in [0.29, 0.717) is 21.9 Å². The second kappa shape index (κ2) is 13.5. The van der Waals surface area contributed by atoms with Gasteiger partial charge >= 0.3 is 24.3 Å². The molecule has 1 fully saturated rings. The van der Waals surface area contributed by atoms with Crippen LogP contribution in [0, 0.1) is 10.8 Å². The molecule has 3 aromatic carbocycles. The third-order valence-electron chi connectivity index (χ3n) is 8.16. The second-order valence-electron chi connectivity index (χ2n) is 12.0. The number of esters is 2. The van der Waals surface area contributed by atoms with Crippen LogP contribution >= 0.6 is 0 Å². The summed E-state index contributed by atoms with van der Waals surface area (Å²) >= 11 is 0. The lowest BCUT2D eigenvalue weighted by atomic mass is 9.98. The number of hydrogen-bond donors (Lipinski definition) is 3. The van der Waals surface area contributed by atoms with Crippen molar-refractivity contribution in [2.24, 2.45) is 5.73 Å². The minimum Gasteiger partial charge on any atom is -0.483 e. The molecule has 0 amide bonds. The third kappa shape index (κ3) is 7.30. The summed E-state index contributed by atoms with van der Waals surface area (Å²) in [5.74, 6) is -8.29. The van der Waals surface area contributed by atoms with Gasteiger partial charge in [0.05, 0.1) is 11.4 Å². The van der Waals surface area contributed by atoms with Crippen molar-refractivity contribution in [2.75, 3.05) is 13.1 Å². The number of imidazole rings is 1. The van der Waals surface area contributed by atoms with Crippen molar-refractivity contribution in [1.29, 1.82) is 10.8 Å². The number of ether oxygens (including phenoxy) is 3. The molecule has 1 saturated heterocycles. The van der Waals surface area contributed by atoms with Crippen LogP contribution in [0.15, 0.2) is 42.5 Å². The molecule has 2 heterocycles. The Kier molecular flexibility index (Phi) is 9.72. The second-order valence-corrected chi connectivity index (χ2v) is 12.0. The molecular weight excluding hydrogens is 674 g/mol. The first-order valence-corrected chi connectivity index (χ1v) is 15.3. The number of carbonyl (C=O) groups is 2. The van der Waals surface area contributed by atoms with Gasteiger partial charge in [-0.1, -0.05) is 50.2 Å². The Balaban J connectivity index is 1.76. The molecule has 1 aliphatic heterocycles. The number of benzene rings is 3. The van der Waals surface area contributed by atoms with Gasteiger partial charge in [-0.25, -0.2) is 14.6 Å². The number of fused-ring (bicyclic) bond motifs is 2. The molecule has 0 bridgehead atoms. The standard InChI is InChI=1S/C33H32F6N6O5/c1-16(2)29-43-25-23(45(29)15-18-8-9-22(28(41)42)21-7-5-4-6-20(18)21)14-24(49-30(46)32(34,35)36)26(27(25)50-31(47)33(37,38)39)48-19-10-12-44(13-11-19)17(3)40/h4-9,14,16,19,40H,10-13,15H2,1-3H3,(H3,41,42). The summed E-state index contributed by atoms with van der Waals surface area (Å²) < 4.78 is 98.4. The zero-order chi connectivity index (χ0) is 36.7. The van der Waals surface area contributed by atoms with E-state index in [1.165, 1.54) is 4.57 Å². The van der Waals surface area contributed by atoms with E-state index in [1.54, 1.807) is 62.1 Å². The van der Waals surface area contributed by atoms with Gasteiger partial charge in [-0.2, -0.15) is 26.3 Å². The molecule has 1 aromatic heterocycles. The van der Waals surface area contributed by atoms with Crippen LogP contribution in [0.1, 0.15) is 56.5 Å². The van der Waals surface area contributed by atoms with Gasteiger partial charge in [-0.15, -0.1) is 0 Å². The molecule has 4 aromatic rings. The molecule has 0 spiro atoms. The van der Waals surface area contributed by atoms with Crippen molar-refractivity contribution in [3.63, 3.8) is 0 Å². The summed E-state index contributed by atoms with van der Waals surface area (Å²) in [6.07, 6.45) is -11.5. The Bertz CT molecular complexity index is 2000. The smallest absolute Gasteiger partial charge is 0.483 e. The fourth-order valence-electron chi connectivity index (χ4n) is 5.78. The van der Waals surface area contributed by atoms with Crippen molar-refractivity contribution in [1.82, 2.24) is 14.5 Å². The summed E-state index contributed by atoms with van der Waals surface area (Å²) in [6, 6.07) is 11.3. The number of alkyl halides is 6. The third-order valence-corrected chi connectivity index (χ3v) is 8.16. The summed E-state index contributed by atoms with van der Waals surface area (Å²) in [6.45, 7) is 5.50. The van der Waals surface area contributed by atoms with E-state index in [0.717, 1.165) is 6.07 Å². The Labute approximate surface area is 280 Å². The zero-order valence-corrected chi connectivity index (χ0v) is 27.0. The molecule has 0 unspecified atom stereocenters. The van der Waals surface area contributed by atoms with Gasteiger partial charge in [-0.05, 0) is 23.3 Å². The molecule has 0 aliphatic carbocycles. The molecule has 17 heteroatoms. The zero-order valence-electron chi connectivity index (χ0n) is 27.0. The van der Waals surface area contributed by atoms with Gasteiger partial charge < -0.3 is 29.4 Å². The normalized spacial score (nSPS) is 14.3. The molecule has 0 radical (unpaired) electrons. The van der Waals surface area contributed by atoms with Gasteiger partial charge in [0.1, 0.15) is 23.3 Å². The van der Waals surface area contributed by atoms with E-state index in [-0.39, 0.29) is 61.0 Å². The number of halogens is 6. The lowest BCUT2D eigenvalue weighted by Gasteiger charge is -2.33. The van der Waals surface area contributed by atoms with Crippen molar-refractivity contribution in [2.45, 2.75) is 64.5 Å². The number of nitrogens with one attached hydrogen (secondary N) is 2. The molecule has 5 rings (SSSR count). The van der Waals surface area contributed by atoms with Crippen molar-refractivity contribution < 1.29 is 50.1 Å². The molecule has 266 valence electrons.